The number of hydrogen-bond acceptors (Lipinski definition) is 4. The minimum Gasteiger partial charge on any atom is -0.453 e. The minimum absolute atomic E-state index is 0.262. The molecule has 0 spiro atoms. The van der Waals surface area contributed by atoms with Crippen molar-refractivity contribution in [3.63, 3.8) is 0 Å². The zero-order valence-electron chi connectivity index (χ0n) is 12.8. The van der Waals surface area contributed by atoms with E-state index in [-0.39, 0.29) is 5.91 Å². The third-order valence-electron chi connectivity index (χ3n) is 3.22. The van der Waals surface area contributed by atoms with Crippen LogP contribution in [0, 0.1) is 0 Å². The Bertz CT molecular complexity index is 657. The summed E-state index contributed by atoms with van der Waals surface area (Å²) in [5, 5.41) is 5.28. The Hall–Kier alpha value is -2.86. The lowest BCUT2D eigenvalue weighted by Crippen LogP contribution is -2.37. The quantitative estimate of drug-likeness (QED) is 0.790. The van der Waals surface area contributed by atoms with Crippen LogP contribution in [-0.2, 0) is 16.0 Å². The van der Waals surface area contributed by atoms with E-state index in [1.165, 1.54) is 7.11 Å². The van der Waals surface area contributed by atoms with Crippen LogP contribution in [-0.4, -0.2) is 25.2 Å². The van der Waals surface area contributed by atoms with Crippen molar-refractivity contribution in [1.29, 1.82) is 0 Å². The highest BCUT2D eigenvalue weighted by molar-refractivity contribution is 5.95. The first kappa shape index (κ1) is 16.5. The summed E-state index contributed by atoms with van der Waals surface area (Å²) in [7, 11) is 1.29. The second-order valence-corrected chi connectivity index (χ2v) is 4.98. The van der Waals surface area contributed by atoms with Gasteiger partial charge in [-0.15, -0.1) is 0 Å². The summed E-state index contributed by atoms with van der Waals surface area (Å²) in [6.45, 7) is 0. The average Bonchev–Trinajstić information content (AvgIpc) is 2.57. The molecule has 0 heterocycles. The molecule has 120 valence electrons. The Morgan fingerprint density at radius 1 is 1.00 bits per heavy atom. The number of amides is 2. The van der Waals surface area contributed by atoms with Gasteiger partial charge in [-0.2, -0.15) is 0 Å². The van der Waals surface area contributed by atoms with Gasteiger partial charge in [-0.05, 0) is 36.2 Å². The maximum atomic E-state index is 12.1. The third kappa shape index (κ3) is 5.12. The van der Waals surface area contributed by atoms with E-state index in [2.05, 4.69) is 15.4 Å². The normalized spacial score (nSPS) is 11.4. The fraction of sp³-hybridized carbons (Fsp3) is 0.176. The predicted molar refractivity (Wildman–Crippen MR) is 89.2 cm³/mol. The Morgan fingerprint density at radius 3 is 2.13 bits per heavy atom. The van der Waals surface area contributed by atoms with Crippen LogP contribution in [0.3, 0.4) is 0 Å². The van der Waals surface area contributed by atoms with Crippen LogP contribution in [0.4, 0.5) is 16.2 Å². The number of nitrogens with two attached hydrogens (primary N) is 1. The molecule has 0 aliphatic rings. The van der Waals surface area contributed by atoms with Crippen LogP contribution in [0.1, 0.15) is 5.56 Å². The lowest BCUT2D eigenvalue weighted by molar-refractivity contribution is -0.117. The molecule has 0 aliphatic carbocycles. The topological polar surface area (TPSA) is 93.5 Å². The number of nitrogens with one attached hydrogen (secondary N) is 2. The van der Waals surface area contributed by atoms with Gasteiger partial charge in [0.25, 0.3) is 0 Å². The summed E-state index contributed by atoms with van der Waals surface area (Å²) in [4.78, 5) is 23.2. The Morgan fingerprint density at radius 2 is 1.57 bits per heavy atom. The fourth-order valence-corrected chi connectivity index (χ4v) is 2.00. The molecule has 1 atom stereocenters. The first-order chi connectivity index (χ1) is 11.1. The Labute approximate surface area is 134 Å². The van der Waals surface area contributed by atoms with Gasteiger partial charge in [0, 0.05) is 11.4 Å². The highest BCUT2D eigenvalue weighted by Crippen LogP contribution is 2.14. The van der Waals surface area contributed by atoms with Crippen LogP contribution in [0.5, 0.6) is 0 Å². The van der Waals surface area contributed by atoms with E-state index in [0.717, 1.165) is 5.56 Å². The number of hydrogen-bond donors (Lipinski definition) is 3. The molecule has 6 nitrogen and oxygen atoms in total. The standard InChI is InChI=1S/C17H19N3O3/c1-23-17(22)20-14-9-7-13(8-10-14)19-16(21)15(18)11-12-5-3-2-4-6-12/h2-10,15H,11,18H2,1H3,(H,19,21)(H,20,22). The number of ether oxygens (including phenoxy) is 1. The molecule has 0 radical (unpaired) electrons. The number of carbonyl (C=O) groups is 2. The zero-order chi connectivity index (χ0) is 16.7. The smallest absolute Gasteiger partial charge is 0.411 e. The number of carbonyl (C=O) groups excluding carboxylic acids is 2. The molecular formula is C17H19N3O3. The Balaban J connectivity index is 1.90. The van der Waals surface area contributed by atoms with Crippen LogP contribution in [0.25, 0.3) is 0 Å². The number of methoxy groups -OCH3 is 1. The van der Waals surface area contributed by atoms with Gasteiger partial charge in [-0.1, -0.05) is 30.3 Å². The van der Waals surface area contributed by atoms with Crippen LogP contribution in [0.2, 0.25) is 0 Å². The van der Waals surface area contributed by atoms with Crippen molar-refractivity contribution >= 4 is 23.4 Å². The Kier molecular flexibility index (Phi) is 5.71. The molecule has 1 unspecified atom stereocenters. The summed E-state index contributed by atoms with van der Waals surface area (Å²) in [5.74, 6) is -0.262. The first-order valence-corrected chi connectivity index (χ1v) is 7.14. The summed E-state index contributed by atoms with van der Waals surface area (Å²) in [6.07, 6.45) is -0.0825. The van der Waals surface area contributed by atoms with Gasteiger partial charge in [0.1, 0.15) is 0 Å². The van der Waals surface area contributed by atoms with Crippen molar-refractivity contribution in [2.24, 2.45) is 5.73 Å². The number of benzene rings is 2. The average molecular weight is 313 g/mol. The second kappa shape index (κ2) is 7.95. The lowest BCUT2D eigenvalue weighted by atomic mass is 10.1. The van der Waals surface area contributed by atoms with E-state index in [9.17, 15) is 9.59 Å². The monoisotopic (exact) mass is 313 g/mol. The lowest BCUT2D eigenvalue weighted by Gasteiger charge is -2.13. The molecule has 0 saturated heterocycles. The van der Waals surface area contributed by atoms with E-state index in [0.29, 0.717) is 17.8 Å². The molecule has 2 aromatic rings. The molecule has 0 aromatic heterocycles. The first-order valence-electron chi connectivity index (χ1n) is 7.14. The summed E-state index contributed by atoms with van der Waals surface area (Å²) >= 11 is 0. The van der Waals surface area contributed by atoms with Crippen molar-refractivity contribution in [2.75, 3.05) is 17.7 Å². The molecule has 2 aromatic carbocycles. The molecule has 0 saturated carbocycles. The highest BCUT2D eigenvalue weighted by atomic mass is 16.5. The molecule has 0 bridgehead atoms. The molecule has 2 amide bonds. The van der Waals surface area contributed by atoms with Crippen molar-refractivity contribution in [3.8, 4) is 0 Å². The van der Waals surface area contributed by atoms with Gasteiger partial charge in [0.05, 0.1) is 13.2 Å². The van der Waals surface area contributed by atoms with Gasteiger partial charge in [0.2, 0.25) is 5.91 Å². The molecule has 4 N–H and O–H groups in total. The minimum atomic E-state index is -0.634. The number of anilines is 2. The van der Waals surface area contributed by atoms with E-state index in [1.54, 1.807) is 24.3 Å². The van der Waals surface area contributed by atoms with Gasteiger partial charge in [-0.3, -0.25) is 10.1 Å². The van der Waals surface area contributed by atoms with Crippen molar-refractivity contribution < 1.29 is 14.3 Å². The summed E-state index contributed by atoms with van der Waals surface area (Å²) < 4.78 is 4.50. The van der Waals surface area contributed by atoms with Crippen LogP contribution < -0.4 is 16.4 Å². The molecule has 0 fully saturated rings. The predicted octanol–water partition coefficient (Wildman–Crippen LogP) is 2.37. The third-order valence-corrected chi connectivity index (χ3v) is 3.22. The highest BCUT2D eigenvalue weighted by Gasteiger charge is 2.14. The molecule has 0 aliphatic heterocycles. The maximum Gasteiger partial charge on any atom is 0.411 e. The summed E-state index contributed by atoms with van der Waals surface area (Å²) in [5.41, 5.74) is 8.11. The molecule has 2 rings (SSSR count). The molecule has 23 heavy (non-hydrogen) atoms. The van der Waals surface area contributed by atoms with E-state index in [1.807, 2.05) is 30.3 Å². The van der Waals surface area contributed by atoms with Crippen molar-refractivity contribution in [3.05, 3.63) is 60.2 Å². The molecule has 6 heteroatoms. The fourth-order valence-electron chi connectivity index (χ4n) is 2.00. The van der Waals surface area contributed by atoms with Crippen LogP contribution in [0.15, 0.2) is 54.6 Å². The van der Waals surface area contributed by atoms with Crippen molar-refractivity contribution in [1.82, 2.24) is 0 Å². The zero-order valence-corrected chi connectivity index (χ0v) is 12.8. The second-order valence-electron chi connectivity index (χ2n) is 4.98. The largest absolute Gasteiger partial charge is 0.453 e. The van der Waals surface area contributed by atoms with Gasteiger partial charge in [0.15, 0.2) is 0 Å². The maximum absolute atomic E-state index is 12.1. The van der Waals surface area contributed by atoms with Gasteiger partial charge in [-0.25, -0.2) is 4.79 Å². The van der Waals surface area contributed by atoms with Gasteiger partial charge >= 0.3 is 6.09 Å². The van der Waals surface area contributed by atoms with E-state index < -0.39 is 12.1 Å². The summed E-state index contributed by atoms with van der Waals surface area (Å²) in [6, 6.07) is 15.6. The number of rotatable bonds is 5. The van der Waals surface area contributed by atoms with Gasteiger partial charge < -0.3 is 15.8 Å². The SMILES string of the molecule is COC(=O)Nc1ccc(NC(=O)C(N)Cc2ccccc2)cc1. The van der Waals surface area contributed by atoms with E-state index in [4.69, 9.17) is 5.73 Å². The van der Waals surface area contributed by atoms with Crippen LogP contribution >= 0.6 is 0 Å². The van der Waals surface area contributed by atoms with Crippen molar-refractivity contribution in [2.45, 2.75) is 12.5 Å². The molecular weight excluding hydrogens is 294 g/mol. The van der Waals surface area contributed by atoms with E-state index >= 15 is 0 Å².